The van der Waals surface area contributed by atoms with Gasteiger partial charge < -0.3 is 15.0 Å². The minimum atomic E-state index is -3.58. The normalized spacial score (nSPS) is 17.5. The summed E-state index contributed by atoms with van der Waals surface area (Å²) in [5, 5.41) is 2.74. The van der Waals surface area contributed by atoms with E-state index in [-0.39, 0.29) is 24.6 Å². The summed E-state index contributed by atoms with van der Waals surface area (Å²) < 4.78 is 32.2. The van der Waals surface area contributed by atoms with Crippen molar-refractivity contribution >= 4 is 33.3 Å². The third-order valence-corrected chi connectivity index (χ3v) is 8.33. The number of esters is 1. The standard InChI is InChI=1S/C25H31N3O5S/c1-19-4-10-23(11-5-19)34(31,32)28-16-12-20(13-17-28)25(30)33-18-24(29)26-21-6-8-22(9-7-21)27-14-2-3-15-27/h4-11,20H,2-3,12-18H2,1H3,(H,26,29). The van der Waals surface area contributed by atoms with Crippen LogP contribution < -0.4 is 10.2 Å². The van der Waals surface area contributed by atoms with Crippen LogP contribution >= 0.6 is 0 Å². The molecule has 1 N–H and O–H groups in total. The van der Waals surface area contributed by atoms with Gasteiger partial charge in [0, 0.05) is 37.6 Å². The third-order valence-electron chi connectivity index (χ3n) is 6.41. The number of hydrogen-bond donors (Lipinski definition) is 1. The summed E-state index contributed by atoms with van der Waals surface area (Å²) in [4.78, 5) is 27.2. The van der Waals surface area contributed by atoms with Crippen molar-refractivity contribution in [2.24, 2.45) is 5.92 Å². The molecule has 0 aromatic heterocycles. The predicted octanol–water partition coefficient (Wildman–Crippen LogP) is 3.18. The van der Waals surface area contributed by atoms with Crippen LogP contribution in [-0.4, -0.2) is 57.4 Å². The fourth-order valence-electron chi connectivity index (χ4n) is 4.37. The summed E-state index contributed by atoms with van der Waals surface area (Å²) in [6.07, 6.45) is 3.13. The number of ether oxygens (including phenoxy) is 1. The van der Waals surface area contributed by atoms with E-state index in [1.165, 1.54) is 17.1 Å². The Morgan fingerprint density at radius 1 is 0.941 bits per heavy atom. The number of aryl methyl sites for hydroxylation is 1. The molecular formula is C25H31N3O5S. The average Bonchev–Trinajstić information content (AvgIpc) is 3.38. The quantitative estimate of drug-likeness (QED) is 0.605. The molecule has 1 amide bonds. The molecule has 0 bridgehead atoms. The summed E-state index contributed by atoms with van der Waals surface area (Å²) in [6, 6.07) is 14.4. The number of nitrogens with one attached hydrogen (secondary N) is 1. The monoisotopic (exact) mass is 485 g/mol. The molecule has 2 aromatic carbocycles. The molecule has 2 fully saturated rings. The Labute approximate surface area is 200 Å². The Morgan fingerprint density at radius 3 is 2.18 bits per heavy atom. The van der Waals surface area contributed by atoms with Crippen LogP contribution in [0.1, 0.15) is 31.2 Å². The molecule has 2 saturated heterocycles. The van der Waals surface area contributed by atoms with Crippen LogP contribution in [0, 0.1) is 12.8 Å². The Balaban J connectivity index is 1.21. The lowest BCUT2D eigenvalue weighted by Crippen LogP contribution is -2.40. The molecule has 2 heterocycles. The van der Waals surface area contributed by atoms with E-state index in [1.807, 2.05) is 31.2 Å². The van der Waals surface area contributed by atoms with Gasteiger partial charge in [-0.05, 0) is 69.0 Å². The van der Waals surface area contributed by atoms with Crippen molar-refractivity contribution < 1.29 is 22.7 Å². The number of amides is 1. The highest BCUT2D eigenvalue weighted by Crippen LogP contribution is 2.25. The van der Waals surface area contributed by atoms with Crippen LogP contribution in [0.5, 0.6) is 0 Å². The Bertz CT molecular complexity index is 1100. The lowest BCUT2D eigenvalue weighted by atomic mass is 9.98. The minimum absolute atomic E-state index is 0.242. The maximum atomic E-state index is 12.8. The van der Waals surface area contributed by atoms with E-state index in [1.54, 1.807) is 24.3 Å². The summed E-state index contributed by atoms with van der Waals surface area (Å²) >= 11 is 0. The van der Waals surface area contributed by atoms with Crippen molar-refractivity contribution in [3.8, 4) is 0 Å². The number of piperidine rings is 1. The number of carbonyl (C=O) groups excluding carboxylic acids is 2. The number of nitrogens with zero attached hydrogens (tertiary/aromatic N) is 2. The van der Waals surface area contributed by atoms with Crippen LogP contribution in [0.15, 0.2) is 53.4 Å². The lowest BCUT2D eigenvalue weighted by Gasteiger charge is -2.30. The van der Waals surface area contributed by atoms with Gasteiger partial charge in [-0.25, -0.2) is 8.42 Å². The molecule has 9 heteroatoms. The fourth-order valence-corrected chi connectivity index (χ4v) is 5.84. The van der Waals surface area contributed by atoms with Crippen LogP contribution in [0.2, 0.25) is 0 Å². The second-order valence-corrected chi connectivity index (χ2v) is 10.8. The van der Waals surface area contributed by atoms with Gasteiger partial charge in [0.2, 0.25) is 10.0 Å². The summed E-state index contributed by atoms with van der Waals surface area (Å²) in [6.45, 7) is 4.13. The minimum Gasteiger partial charge on any atom is -0.455 e. The average molecular weight is 486 g/mol. The Morgan fingerprint density at radius 2 is 1.56 bits per heavy atom. The molecule has 0 unspecified atom stereocenters. The molecule has 0 atom stereocenters. The zero-order chi connectivity index (χ0) is 24.1. The molecule has 0 aliphatic carbocycles. The first-order valence-corrected chi connectivity index (χ1v) is 13.2. The van der Waals surface area contributed by atoms with Gasteiger partial charge >= 0.3 is 5.97 Å². The highest BCUT2D eigenvalue weighted by Gasteiger charge is 2.33. The van der Waals surface area contributed by atoms with E-state index in [0.717, 1.165) is 24.3 Å². The summed E-state index contributed by atoms with van der Waals surface area (Å²) in [5.41, 5.74) is 2.78. The zero-order valence-electron chi connectivity index (χ0n) is 19.4. The SMILES string of the molecule is Cc1ccc(S(=O)(=O)N2CCC(C(=O)OCC(=O)Nc3ccc(N4CCCC4)cc3)CC2)cc1. The lowest BCUT2D eigenvalue weighted by molar-refractivity contribution is -0.152. The van der Waals surface area contributed by atoms with Gasteiger partial charge in [0.25, 0.3) is 5.91 Å². The molecule has 4 rings (SSSR count). The van der Waals surface area contributed by atoms with E-state index in [9.17, 15) is 18.0 Å². The predicted molar refractivity (Wildman–Crippen MR) is 130 cm³/mol. The van der Waals surface area contributed by atoms with Crippen LogP contribution in [0.25, 0.3) is 0 Å². The third kappa shape index (κ3) is 5.77. The zero-order valence-corrected chi connectivity index (χ0v) is 20.2. The molecule has 34 heavy (non-hydrogen) atoms. The first kappa shape index (κ1) is 24.2. The number of sulfonamides is 1. The van der Waals surface area contributed by atoms with Gasteiger partial charge in [-0.3, -0.25) is 9.59 Å². The molecule has 2 aliphatic heterocycles. The van der Waals surface area contributed by atoms with Crippen molar-refractivity contribution in [3.05, 3.63) is 54.1 Å². The van der Waals surface area contributed by atoms with Crippen molar-refractivity contribution in [2.45, 2.75) is 37.5 Å². The smallest absolute Gasteiger partial charge is 0.309 e. The van der Waals surface area contributed by atoms with Gasteiger partial charge in [0.05, 0.1) is 10.8 Å². The number of carbonyl (C=O) groups is 2. The maximum absolute atomic E-state index is 12.8. The van der Waals surface area contributed by atoms with Gasteiger partial charge in [-0.2, -0.15) is 4.31 Å². The first-order valence-electron chi connectivity index (χ1n) is 11.7. The van der Waals surface area contributed by atoms with Crippen LogP contribution in [-0.2, 0) is 24.3 Å². The molecule has 0 saturated carbocycles. The molecule has 182 valence electrons. The second-order valence-electron chi connectivity index (χ2n) is 8.89. The van der Waals surface area contributed by atoms with Crippen molar-refractivity contribution in [3.63, 3.8) is 0 Å². The number of rotatable bonds is 7. The largest absolute Gasteiger partial charge is 0.455 e. The molecule has 0 radical (unpaired) electrons. The molecule has 2 aliphatic rings. The van der Waals surface area contributed by atoms with Gasteiger partial charge in [-0.1, -0.05) is 17.7 Å². The Kier molecular flexibility index (Phi) is 7.53. The highest BCUT2D eigenvalue weighted by molar-refractivity contribution is 7.89. The van der Waals surface area contributed by atoms with E-state index < -0.39 is 27.8 Å². The van der Waals surface area contributed by atoms with Gasteiger partial charge in [0.1, 0.15) is 0 Å². The fraction of sp³-hybridized carbons (Fsp3) is 0.440. The van der Waals surface area contributed by atoms with E-state index in [0.29, 0.717) is 18.5 Å². The molecule has 2 aromatic rings. The maximum Gasteiger partial charge on any atom is 0.309 e. The van der Waals surface area contributed by atoms with Crippen LogP contribution in [0.3, 0.4) is 0 Å². The molecule has 0 spiro atoms. The van der Waals surface area contributed by atoms with E-state index in [2.05, 4.69) is 10.2 Å². The van der Waals surface area contributed by atoms with Crippen molar-refractivity contribution in [1.29, 1.82) is 0 Å². The Hall–Kier alpha value is -2.91. The first-order chi connectivity index (χ1) is 16.3. The van der Waals surface area contributed by atoms with Gasteiger partial charge in [0.15, 0.2) is 6.61 Å². The van der Waals surface area contributed by atoms with Crippen molar-refractivity contribution in [2.75, 3.05) is 43.0 Å². The summed E-state index contributed by atoms with van der Waals surface area (Å²) in [5.74, 6) is -1.29. The second kappa shape index (κ2) is 10.6. The van der Waals surface area contributed by atoms with E-state index in [4.69, 9.17) is 4.74 Å². The number of benzene rings is 2. The molecular weight excluding hydrogens is 454 g/mol. The van der Waals surface area contributed by atoms with Crippen molar-refractivity contribution in [1.82, 2.24) is 4.31 Å². The highest BCUT2D eigenvalue weighted by atomic mass is 32.2. The summed E-state index contributed by atoms with van der Waals surface area (Å²) in [7, 11) is -3.58. The van der Waals surface area contributed by atoms with Crippen LogP contribution in [0.4, 0.5) is 11.4 Å². The van der Waals surface area contributed by atoms with E-state index >= 15 is 0 Å². The number of anilines is 2. The topological polar surface area (TPSA) is 96.0 Å². The molecule has 8 nitrogen and oxygen atoms in total. The number of hydrogen-bond acceptors (Lipinski definition) is 6. The van der Waals surface area contributed by atoms with Gasteiger partial charge in [-0.15, -0.1) is 0 Å².